The molecule has 4 nitrogen and oxygen atoms in total. The highest BCUT2D eigenvalue weighted by molar-refractivity contribution is 5.53. The summed E-state index contributed by atoms with van der Waals surface area (Å²) in [5.74, 6) is 0.190. The normalized spacial score (nSPS) is 12.3. The van der Waals surface area contributed by atoms with Crippen LogP contribution in [0.4, 0.5) is 8.78 Å². The lowest BCUT2D eigenvalue weighted by molar-refractivity contribution is 0.359. The third-order valence-electron chi connectivity index (χ3n) is 3.50. The van der Waals surface area contributed by atoms with Crippen molar-refractivity contribution in [3.8, 4) is 11.4 Å². The first-order valence-corrected chi connectivity index (χ1v) is 7.20. The van der Waals surface area contributed by atoms with Crippen molar-refractivity contribution in [1.82, 2.24) is 15.5 Å². The number of nitrogens with zero attached hydrogens (tertiary/aromatic N) is 2. The smallest absolute Gasteiger partial charge is 0.240 e. The molecule has 0 saturated carbocycles. The zero-order valence-corrected chi connectivity index (χ0v) is 12.5. The van der Waals surface area contributed by atoms with Crippen molar-refractivity contribution in [2.24, 2.45) is 0 Å². The molecule has 0 saturated heterocycles. The molecule has 3 aromatic rings. The molecule has 3 rings (SSSR count). The van der Waals surface area contributed by atoms with Crippen LogP contribution in [-0.2, 0) is 6.54 Å². The molecule has 0 radical (unpaired) electrons. The summed E-state index contributed by atoms with van der Waals surface area (Å²) in [6.07, 6.45) is 0. The zero-order valence-electron chi connectivity index (χ0n) is 12.5. The van der Waals surface area contributed by atoms with Crippen LogP contribution < -0.4 is 5.32 Å². The Morgan fingerprint density at radius 3 is 2.57 bits per heavy atom. The number of rotatable bonds is 5. The van der Waals surface area contributed by atoms with Crippen LogP contribution >= 0.6 is 0 Å². The molecule has 0 aliphatic heterocycles. The Balaban J connectivity index is 1.65. The van der Waals surface area contributed by atoms with Gasteiger partial charge in [0.1, 0.15) is 11.6 Å². The van der Waals surface area contributed by atoms with E-state index < -0.39 is 0 Å². The summed E-state index contributed by atoms with van der Waals surface area (Å²) in [6.45, 7) is 2.17. The maximum Gasteiger partial charge on any atom is 0.240 e. The number of nitrogens with one attached hydrogen (secondary N) is 1. The Kier molecular flexibility index (Phi) is 4.43. The van der Waals surface area contributed by atoms with Gasteiger partial charge in [-0.3, -0.25) is 0 Å². The van der Waals surface area contributed by atoms with Crippen molar-refractivity contribution in [2.45, 2.75) is 19.5 Å². The molecule has 1 atom stereocenters. The number of hydrogen-bond acceptors (Lipinski definition) is 4. The van der Waals surface area contributed by atoms with E-state index in [-0.39, 0.29) is 17.7 Å². The summed E-state index contributed by atoms with van der Waals surface area (Å²) < 4.78 is 31.8. The number of hydrogen-bond donors (Lipinski definition) is 1. The van der Waals surface area contributed by atoms with Gasteiger partial charge in [0.2, 0.25) is 11.7 Å². The molecule has 0 aliphatic carbocycles. The van der Waals surface area contributed by atoms with Gasteiger partial charge in [-0.25, -0.2) is 8.78 Å². The van der Waals surface area contributed by atoms with E-state index in [9.17, 15) is 8.78 Å². The lowest BCUT2D eigenvalue weighted by Gasteiger charge is -2.13. The van der Waals surface area contributed by atoms with Gasteiger partial charge in [0, 0.05) is 17.2 Å². The van der Waals surface area contributed by atoms with Gasteiger partial charge in [0.25, 0.3) is 0 Å². The Morgan fingerprint density at radius 1 is 1.09 bits per heavy atom. The second kappa shape index (κ2) is 6.66. The quantitative estimate of drug-likeness (QED) is 0.776. The first-order chi connectivity index (χ1) is 11.1. The van der Waals surface area contributed by atoms with Crippen molar-refractivity contribution in [2.75, 3.05) is 0 Å². The molecule has 0 fully saturated rings. The molecule has 1 N–H and O–H groups in total. The molecular weight excluding hydrogens is 300 g/mol. The SMILES string of the molecule is C[C@H](NCc1nc(-c2ccc(F)cc2)no1)c1ccccc1F. The van der Waals surface area contributed by atoms with Crippen LogP contribution in [0.25, 0.3) is 11.4 Å². The average Bonchev–Trinajstić information content (AvgIpc) is 3.03. The first kappa shape index (κ1) is 15.3. The summed E-state index contributed by atoms with van der Waals surface area (Å²) in [7, 11) is 0. The third-order valence-corrected chi connectivity index (χ3v) is 3.50. The standard InChI is InChI=1S/C17H15F2N3O/c1-11(14-4-2-3-5-15(14)19)20-10-16-21-17(22-23-16)12-6-8-13(18)9-7-12/h2-9,11,20H,10H2,1H3/t11-/m0/s1. The van der Waals surface area contributed by atoms with Crippen molar-refractivity contribution < 1.29 is 13.3 Å². The van der Waals surface area contributed by atoms with Crippen molar-refractivity contribution in [3.63, 3.8) is 0 Å². The van der Waals surface area contributed by atoms with Gasteiger partial charge >= 0.3 is 0 Å². The van der Waals surface area contributed by atoms with Gasteiger partial charge in [-0.1, -0.05) is 23.4 Å². The fraction of sp³-hybridized carbons (Fsp3) is 0.176. The van der Waals surface area contributed by atoms with Crippen LogP contribution in [0.2, 0.25) is 0 Å². The lowest BCUT2D eigenvalue weighted by Crippen LogP contribution is -2.19. The Hall–Kier alpha value is -2.60. The molecule has 118 valence electrons. The van der Waals surface area contributed by atoms with E-state index in [2.05, 4.69) is 15.5 Å². The number of halogens is 2. The molecule has 0 bridgehead atoms. The summed E-state index contributed by atoms with van der Waals surface area (Å²) in [6, 6.07) is 12.2. The molecule has 0 amide bonds. The maximum atomic E-state index is 13.7. The highest BCUT2D eigenvalue weighted by atomic mass is 19.1. The lowest BCUT2D eigenvalue weighted by atomic mass is 10.1. The number of benzene rings is 2. The van der Waals surface area contributed by atoms with E-state index >= 15 is 0 Å². The van der Waals surface area contributed by atoms with Crippen LogP contribution in [0, 0.1) is 11.6 Å². The highest BCUT2D eigenvalue weighted by Crippen LogP contribution is 2.18. The molecule has 0 spiro atoms. The first-order valence-electron chi connectivity index (χ1n) is 7.20. The molecular formula is C17H15F2N3O. The average molecular weight is 315 g/mol. The van der Waals surface area contributed by atoms with Crippen LogP contribution in [0.1, 0.15) is 24.4 Å². The number of aromatic nitrogens is 2. The van der Waals surface area contributed by atoms with Crippen molar-refractivity contribution in [1.29, 1.82) is 0 Å². The van der Waals surface area contributed by atoms with Crippen LogP contribution in [0.3, 0.4) is 0 Å². The van der Waals surface area contributed by atoms with Gasteiger partial charge in [0.05, 0.1) is 6.54 Å². The largest absolute Gasteiger partial charge is 0.338 e. The fourth-order valence-corrected chi connectivity index (χ4v) is 2.22. The fourth-order valence-electron chi connectivity index (χ4n) is 2.22. The predicted octanol–water partition coefficient (Wildman–Crippen LogP) is 3.87. The summed E-state index contributed by atoms with van der Waals surface area (Å²) in [4.78, 5) is 4.24. The van der Waals surface area contributed by atoms with E-state index in [1.54, 1.807) is 30.3 Å². The Labute approximate surface area is 132 Å². The second-order valence-electron chi connectivity index (χ2n) is 5.14. The Bertz CT molecular complexity index is 787. The van der Waals surface area contributed by atoms with Crippen LogP contribution in [0.15, 0.2) is 53.1 Å². The van der Waals surface area contributed by atoms with E-state index in [0.717, 1.165) is 0 Å². The zero-order chi connectivity index (χ0) is 16.2. The van der Waals surface area contributed by atoms with Crippen molar-refractivity contribution in [3.05, 3.63) is 71.6 Å². The van der Waals surface area contributed by atoms with Gasteiger partial charge in [-0.2, -0.15) is 4.98 Å². The third kappa shape index (κ3) is 3.60. The Morgan fingerprint density at radius 2 is 1.83 bits per heavy atom. The van der Waals surface area contributed by atoms with Crippen LogP contribution in [0.5, 0.6) is 0 Å². The maximum absolute atomic E-state index is 13.7. The monoisotopic (exact) mass is 315 g/mol. The minimum Gasteiger partial charge on any atom is -0.338 e. The predicted molar refractivity (Wildman–Crippen MR) is 81.3 cm³/mol. The van der Waals surface area contributed by atoms with E-state index in [4.69, 9.17) is 4.52 Å². The summed E-state index contributed by atoms with van der Waals surface area (Å²) in [5.41, 5.74) is 1.24. The minimum absolute atomic E-state index is 0.197. The molecule has 1 aromatic heterocycles. The van der Waals surface area contributed by atoms with Gasteiger partial charge in [-0.15, -0.1) is 0 Å². The molecule has 0 unspecified atom stereocenters. The van der Waals surface area contributed by atoms with E-state index in [1.165, 1.54) is 18.2 Å². The van der Waals surface area contributed by atoms with Crippen molar-refractivity contribution >= 4 is 0 Å². The van der Waals surface area contributed by atoms with Gasteiger partial charge in [0.15, 0.2) is 0 Å². The molecule has 2 aromatic carbocycles. The molecule has 23 heavy (non-hydrogen) atoms. The van der Waals surface area contributed by atoms with E-state index in [1.807, 2.05) is 6.92 Å². The van der Waals surface area contributed by atoms with E-state index in [0.29, 0.717) is 29.4 Å². The molecule has 0 aliphatic rings. The van der Waals surface area contributed by atoms with Gasteiger partial charge < -0.3 is 9.84 Å². The summed E-state index contributed by atoms with van der Waals surface area (Å²) in [5, 5.41) is 7.00. The topological polar surface area (TPSA) is 51.0 Å². The molecule has 6 heteroatoms. The van der Waals surface area contributed by atoms with Crippen LogP contribution in [-0.4, -0.2) is 10.1 Å². The minimum atomic E-state index is -0.321. The molecule has 1 heterocycles. The highest BCUT2D eigenvalue weighted by Gasteiger charge is 2.13. The van der Waals surface area contributed by atoms with Gasteiger partial charge in [-0.05, 0) is 37.3 Å². The second-order valence-corrected chi connectivity index (χ2v) is 5.14. The summed E-state index contributed by atoms with van der Waals surface area (Å²) >= 11 is 0.